The van der Waals surface area contributed by atoms with E-state index in [4.69, 9.17) is 4.74 Å². The van der Waals surface area contributed by atoms with Crippen LogP contribution in [0.4, 0.5) is 29.3 Å². The molecule has 2 amide bonds. The number of hydrogen-bond acceptors (Lipinski definition) is 4. The molecular formula is C24H24F3N3O4S. The van der Waals surface area contributed by atoms with Gasteiger partial charge in [0.1, 0.15) is 5.75 Å². The van der Waals surface area contributed by atoms with Crippen LogP contribution < -0.4 is 19.7 Å². The molecule has 3 aromatic rings. The fourth-order valence-electron chi connectivity index (χ4n) is 3.20. The first-order valence-corrected chi connectivity index (χ1v) is 12.0. The number of para-hydroxylation sites is 1. The second-order valence-corrected chi connectivity index (χ2v) is 9.19. The zero-order valence-corrected chi connectivity index (χ0v) is 19.6. The third-order valence-electron chi connectivity index (χ3n) is 4.97. The normalized spacial score (nSPS) is 11.7. The maximum Gasteiger partial charge on any atom is 0.416 e. The molecule has 0 spiro atoms. The van der Waals surface area contributed by atoms with Gasteiger partial charge in [-0.1, -0.05) is 24.3 Å². The largest absolute Gasteiger partial charge is 0.497 e. The Morgan fingerprint density at radius 1 is 0.971 bits per heavy atom. The Morgan fingerprint density at radius 2 is 1.66 bits per heavy atom. The number of alkyl halides is 3. The summed E-state index contributed by atoms with van der Waals surface area (Å²) in [6.45, 7) is 0.147. The van der Waals surface area contributed by atoms with Gasteiger partial charge in [-0.05, 0) is 61.0 Å². The monoisotopic (exact) mass is 507 g/mol. The van der Waals surface area contributed by atoms with Gasteiger partial charge >= 0.3 is 12.2 Å². The van der Waals surface area contributed by atoms with Crippen molar-refractivity contribution in [2.45, 2.75) is 17.5 Å². The van der Waals surface area contributed by atoms with Crippen molar-refractivity contribution >= 4 is 27.4 Å². The maximum atomic E-state index is 13.0. The van der Waals surface area contributed by atoms with Gasteiger partial charge in [-0.15, -0.1) is 0 Å². The van der Waals surface area contributed by atoms with E-state index in [0.29, 0.717) is 11.4 Å². The summed E-state index contributed by atoms with van der Waals surface area (Å²) in [4.78, 5) is 14.3. The predicted molar refractivity (Wildman–Crippen MR) is 127 cm³/mol. The summed E-state index contributed by atoms with van der Waals surface area (Å²) in [6.07, 6.45) is -4.29. The first kappa shape index (κ1) is 26.0. The molecule has 0 saturated carbocycles. The molecule has 0 aromatic heterocycles. The van der Waals surface area contributed by atoms with Crippen molar-refractivity contribution in [2.24, 2.45) is 0 Å². The van der Waals surface area contributed by atoms with Gasteiger partial charge in [-0.25, -0.2) is 17.9 Å². The Kier molecular flexibility index (Phi) is 8.36. The van der Waals surface area contributed by atoms with E-state index in [2.05, 4.69) is 10.0 Å². The highest BCUT2D eigenvalue weighted by Gasteiger charge is 2.30. The maximum absolute atomic E-state index is 13.0. The number of urea groups is 1. The second-order valence-electron chi connectivity index (χ2n) is 7.42. The van der Waals surface area contributed by atoms with Crippen LogP contribution in [-0.2, 0) is 16.2 Å². The molecule has 11 heteroatoms. The van der Waals surface area contributed by atoms with Crippen molar-refractivity contribution in [1.29, 1.82) is 0 Å². The average molecular weight is 508 g/mol. The minimum atomic E-state index is -4.54. The minimum Gasteiger partial charge on any atom is -0.497 e. The third kappa shape index (κ3) is 7.20. The van der Waals surface area contributed by atoms with Crippen LogP contribution in [0.3, 0.4) is 0 Å². The first-order chi connectivity index (χ1) is 16.6. The van der Waals surface area contributed by atoms with Crippen LogP contribution in [0.25, 0.3) is 0 Å². The van der Waals surface area contributed by atoms with Crippen molar-refractivity contribution < 1.29 is 31.1 Å². The van der Waals surface area contributed by atoms with E-state index in [1.807, 2.05) is 0 Å². The Bertz CT molecular complexity index is 1230. The number of ether oxygens (including phenoxy) is 1. The summed E-state index contributed by atoms with van der Waals surface area (Å²) >= 11 is 0. The number of hydrogen-bond donors (Lipinski definition) is 2. The smallest absolute Gasteiger partial charge is 0.416 e. The summed E-state index contributed by atoms with van der Waals surface area (Å²) in [5.74, 6) is 0.522. The van der Waals surface area contributed by atoms with Crippen LogP contribution in [0.1, 0.15) is 12.0 Å². The SMILES string of the molecule is COc1ccc(S(=O)(=O)NCCCN(C(=O)Nc2cccc(C(F)(F)F)c2)c2ccccc2)cc1. The lowest BCUT2D eigenvalue weighted by molar-refractivity contribution is -0.137. The predicted octanol–water partition coefficient (Wildman–Crippen LogP) is 5.12. The summed E-state index contributed by atoms with van der Waals surface area (Å²) in [5, 5.41) is 2.48. The standard InChI is InChI=1S/C24H24F3N3O4S/c1-34-21-11-13-22(14-12-21)35(32,33)28-15-6-16-30(20-9-3-2-4-10-20)23(31)29-19-8-5-7-18(17-19)24(25,26)27/h2-5,7-14,17,28H,6,15-16H2,1H3,(H,29,31). The van der Waals surface area contributed by atoms with E-state index >= 15 is 0 Å². The van der Waals surface area contributed by atoms with Gasteiger partial charge in [0, 0.05) is 24.5 Å². The fourth-order valence-corrected chi connectivity index (χ4v) is 4.28. The molecule has 2 N–H and O–H groups in total. The summed E-state index contributed by atoms with van der Waals surface area (Å²) in [7, 11) is -2.29. The summed E-state index contributed by atoms with van der Waals surface area (Å²) < 4.78 is 71.5. The van der Waals surface area contributed by atoms with Gasteiger partial charge in [0.05, 0.1) is 17.6 Å². The van der Waals surface area contributed by atoms with E-state index in [1.165, 1.54) is 48.4 Å². The van der Waals surface area contributed by atoms with Crippen molar-refractivity contribution in [3.05, 3.63) is 84.4 Å². The number of carbonyl (C=O) groups is 1. The van der Waals surface area contributed by atoms with E-state index < -0.39 is 27.8 Å². The zero-order valence-electron chi connectivity index (χ0n) is 18.7. The van der Waals surface area contributed by atoms with Gasteiger partial charge in [-0.2, -0.15) is 13.2 Å². The van der Waals surface area contributed by atoms with Crippen molar-refractivity contribution in [2.75, 3.05) is 30.4 Å². The van der Waals surface area contributed by atoms with E-state index in [-0.39, 0.29) is 30.1 Å². The number of nitrogens with zero attached hydrogens (tertiary/aromatic N) is 1. The highest BCUT2D eigenvalue weighted by molar-refractivity contribution is 7.89. The number of anilines is 2. The fraction of sp³-hybridized carbons (Fsp3) is 0.208. The lowest BCUT2D eigenvalue weighted by Gasteiger charge is -2.23. The number of sulfonamides is 1. The molecule has 0 aliphatic carbocycles. The Balaban J connectivity index is 1.66. The lowest BCUT2D eigenvalue weighted by Crippen LogP contribution is -2.37. The molecule has 186 valence electrons. The van der Waals surface area contributed by atoms with Gasteiger partial charge in [0.25, 0.3) is 0 Å². The number of methoxy groups -OCH3 is 1. The van der Waals surface area contributed by atoms with E-state index in [0.717, 1.165) is 12.1 Å². The molecule has 0 unspecified atom stereocenters. The average Bonchev–Trinajstić information content (AvgIpc) is 2.84. The number of amides is 2. The van der Waals surface area contributed by atoms with Crippen molar-refractivity contribution in [1.82, 2.24) is 4.72 Å². The third-order valence-corrected chi connectivity index (χ3v) is 6.45. The highest BCUT2D eigenvalue weighted by atomic mass is 32.2. The van der Waals surface area contributed by atoms with Crippen LogP contribution in [0.5, 0.6) is 5.75 Å². The van der Waals surface area contributed by atoms with E-state index in [1.54, 1.807) is 30.3 Å². The van der Waals surface area contributed by atoms with Gasteiger partial charge in [-0.3, -0.25) is 4.90 Å². The van der Waals surface area contributed by atoms with Crippen LogP contribution in [0.15, 0.2) is 83.8 Å². The molecule has 0 bridgehead atoms. The van der Waals surface area contributed by atoms with Crippen LogP contribution >= 0.6 is 0 Å². The molecule has 35 heavy (non-hydrogen) atoms. The molecule has 7 nitrogen and oxygen atoms in total. The van der Waals surface area contributed by atoms with Gasteiger partial charge in [0.15, 0.2) is 0 Å². The molecule has 0 saturated heterocycles. The topological polar surface area (TPSA) is 87.7 Å². The number of rotatable bonds is 9. The van der Waals surface area contributed by atoms with Crippen molar-refractivity contribution in [3.63, 3.8) is 0 Å². The lowest BCUT2D eigenvalue weighted by atomic mass is 10.2. The van der Waals surface area contributed by atoms with Crippen LogP contribution in [0, 0.1) is 0 Å². The molecule has 0 atom stereocenters. The minimum absolute atomic E-state index is 0.00837. The number of benzene rings is 3. The van der Waals surface area contributed by atoms with Crippen LogP contribution in [0.2, 0.25) is 0 Å². The molecule has 0 aliphatic rings. The Morgan fingerprint density at radius 3 is 2.29 bits per heavy atom. The molecule has 3 rings (SSSR count). The number of carbonyl (C=O) groups excluding carboxylic acids is 1. The number of nitrogens with one attached hydrogen (secondary N) is 2. The zero-order chi connectivity index (χ0) is 25.5. The number of halogens is 3. The summed E-state index contributed by atoms with van der Waals surface area (Å²) in [6, 6.07) is 18.1. The van der Waals surface area contributed by atoms with Gasteiger partial charge < -0.3 is 10.1 Å². The highest BCUT2D eigenvalue weighted by Crippen LogP contribution is 2.30. The molecule has 3 aromatic carbocycles. The molecule has 0 fully saturated rings. The molecule has 0 radical (unpaired) electrons. The quantitative estimate of drug-likeness (QED) is 0.394. The Labute approximate surface area is 201 Å². The van der Waals surface area contributed by atoms with Crippen LogP contribution in [-0.4, -0.2) is 34.6 Å². The molecule has 0 heterocycles. The van der Waals surface area contributed by atoms with E-state index in [9.17, 15) is 26.4 Å². The second kappa shape index (κ2) is 11.2. The Hall–Kier alpha value is -3.57. The molecule has 0 aliphatic heterocycles. The summed E-state index contributed by atoms with van der Waals surface area (Å²) in [5.41, 5.74) is -0.379. The first-order valence-electron chi connectivity index (χ1n) is 10.5. The van der Waals surface area contributed by atoms with Gasteiger partial charge in [0.2, 0.25) is 10.0 Å². The molecular weight excluding hydrogens is 483 g/mol. The van der Waals surface area contributed by atoms with Crippen molar-refractivity contribution in [3.8, 4) is 5.75 Å².